The maximum Gasteiger partial charge on any atom is 0.434 e. The second kappa shape index (κ2) is 13.4. The zero-order valence-electron chi connectivity index (χ0n) is 25.0. The van der Waals surface area contributed by atoms with Crippen LogP contribution in [0.4, 0.5) is 41.6 Å². The summed E-state index contributed by atoms with van der Waals surface area (Å²) in [5.74, 6) is 0.339. The Morgan fingerprint density at radius 3 is 2.07 bits per heavy atom. The van der Waals surface area contributed by atoms with E-state index in [9.17, 15) is 35.9 Å². The summed E-state index contributed by atoms with van der Waals surface area (Å²) in [6, 6.07) is 5.70. The molecule has 2 amide bonds. The predicted octanol–water partition coefficient (Wildman–Crippen LogP) is 6.70. The number of ether oxygens (including phenoxy) is 2. The van der Waals surface area contributed by atoms with Gasteiger partial charge >= 0.3 is 24.5 Å². The van der Waals surface area contributed by atoms with E-state index in [-0.39, 0.29) is 38.3 Å². The molecule has 0 bridgehead atoms. The lowest BCUT2D eigenvalue weighted by Gasteiger charge is -2.40. The van der Waals surface area contributed by atoms with Crippen molar-refractivity contribution in [3.63, 3.8) is 0 Å². The monoisotopic (exact) mass is 656 g/mol. The number of likely N-dealkylation sites (tertiary alicyclic amines) is 1. The number of anilines is 1. The van der Waals surface area contributed by atoms with E-state index >= 15 is 0 Å². The Bertz CT molecular complexity index is 1150. The number of rotatable bonds is 5. The van der Waals surface area contributed by atoms with Crippen LogP contribution in [0.5, 0.6) is 0 Å². The number of carbonyl (C=O) groups excluding carboxylic acids is 2. The molecule has 8 nitrogen and oxygen atoms in total. The highest BCUT2D eigenvalue weighted by Gasteiger charge is 2.60. The molecule has 1 aromatic rings. The zero-order chi connectivity index (χ0) is 32.4. The van der Waals surface area contributed by atoms with Gasteiger partial charge in [0.05, 0.1) is 0 Å². The highest BCUT2D eigenvalue weighted by molar-refractivity contribution is 6.30. The SMILES string of the molecule is CC(C)(C)OC(=O)N1CCCC1C1CCN(c2cc(Cl)ccc2CN2CCN(C(=O)OC(C(F)(F)F)C(F)(F)F)CC2)CC1. The van der Waals surface area contributed by atoms with Gasteiger partial charge < -0.3 is 24.2 Å². The molecule has 0 aromatic heterocycles. The Morgan fingerprint density at radius 2 is 1.50 bits per heavy atom. The molecular weight excluding hydrogens is 618 g/mol. The fourth-order valence-electron chi connectivity index (χ4n) is 6.14. The van der Waals surface area contributed by atoms with Gasteiger partial charge in [-0.25, -0.2) is 9.59 Å². The first-order chi connectivity index (χ1) is 20.4. The second-order valence-electron chi connectivity index (χ2n) is 12.6. The van der Waals surface area contributed by atoms with E-state index in [4.69, 9.17) is 16.3 Å². The molecule has 1 aromatic carbocycles. The largest absolute Gasteiger partial charge is 0.444 e. The number of piperidine rings is 1. The normalized spacial score (nSPS) is 21.2. The van der Waals surface area contributed by atoms with Gasteiger partial charge in [0.15, 0.2) is 0 Å². The molecule has 44 heavy (non-hydrogen) atoms. The number of alkyl halides is 6. The quantitative estimate of drug-likeness (QED) is 0.329. The van der Waals surface area contributed by atoms with Crippen LogP contribution in [0.15, 0.2) is 18.2 Å². The number of hydrogen-bond donors (Lipinski definition) is 0. The molecule has 0 radical (unpaired) electrons. The summed E-state index contributed by atoms with van der Waals surface area (Å²) < 4.78 is 86.3. The van der Waals surface area contributed by atoms with Gasteiger partial charge in [0, 0.05) is 69.1 Å². The molecule has 248 valence electrons. The Labute approximate surface area is 258 Å². The number of benzene rings is 1. The molecule has 0 spiro atoms. The van der Waals surface area contributed by atoms with Crippen molar-refractivity contribution in [2.75, 3.05) is 50.7 Å². The van der Waals surface area contributed by atoms with Crippen LogP contribution in [0.1, 0.15) is 52.0 Å². The molecular formula is C29H39ClF6N4O4. The van der Waals surface area contributed by atoms with Crippen LogP contribution in [-0.2, 0) is 16.0 Å². The Balaban J connectivity index is 1.33. The van der Waals surface area contributed by atoms with E-state index in [2.05, 4.69) is 9.64 Å². The molecule has 4 rings (SSSR count). The fraction of sp³-hybridized carbons (Fsp3) is 0.724. The van der Waals surface area contributed by atoms with E-state index < -0.39 is 30.2 Å². The van der Waals surface area contributed by atoms with Gasteiger partial charge in [-0.05, 0) is 70.1 Å². The smallest absolute Gasteiger partial charge is 0.434 e. The lowest BCUT2D eigenvalue weighted by atomic mass is 9.87. The number of halogens is 7. The van der Waals surface area contributed by atoms with Crippen molar-refractivity contribution in [2.24, 2.45) is 5.92 Å². The fourth-order valence-corrected chi connectivity index (χ4v) is 6.31. The molecule has 3 saturated heterocycles. The van der Waals surface area contributed by atoms with Crippen LogP contribution in [0.25, 0.3) is 0 Å². The summed E-state index contributed by atoms with van der Waals surface area (Å²) in [7, 11) is 0. The van der Waals surface area contributed by atoms with Gasteiger partial charge in [-0.15, -0.1) is 0 Å². The van der Waals surface area contributed by atoms with Gasteiger partial charge in [0.1, 0.15) is 5.60 Å². The van der Waals surface area contributed by atoms with Crippen molar-refractivity contribution in [3.8, 4) is 0 Å². The molecule has 1 unspecified atom stereocenters. The lowest BCUT2D eigenvalue weighted by Crippen LogP contribution is -2.52. The number of piperazine rings is 1. The molecule has 0 N–H and O–H groups in total. The third-order valence-electron chi connectivity index (χ3n) is 8.24. The maximum atomic E-state index is 12.8. The third-order valence-corrected chi connectivity index (χ3v) is 8.47. The molecule has 0 aliphatic carbocycles. The van der Waals surface area contributed by atoms with Gasteiger partial charge in [-0.3, -0.25) is 4.90 Å². The lowest BCUT2D eigenvalue weighted by molar-refractivity contribution is -0.308. The van der Waals surface area contributed by atoms with Crippen LogP contribution in [0.2, 0.25) is 5.02 Å². The first-order valence-electron chi connectivity index (χ1n) is 14.8. The minimum atomic E-state index is -5.76. The number of nitrogens with zero attached hydrogens (tertiary/aromatic N) is 4. The highest BCUT2D eigenvalue weighted by atomic mass is 35.5. The van der Waals surface area contributed by atoms with E-state index in [0.717, 1.165) is 54.9 Å². The maximum absolute atomic E-state index is 12.8. The summed E-state index contributed by atoms with van der Waals surface area (Å²) >= 11 is 6.36. The number of amides is 2. The Kier molecular flexibility index (Phi) is 10.4. The summed E-state index contributed by atoms with van der Waals surface area (Å²) in [6.07, 6.45) is -14.0. The molecule has 3 aliphatic rings. The molecule has 15 heteroatoms. The molecule has 3 heterocycles. The Morgan fingerprint density at radius 1 is 0.886 bits per heavy atom. The number of hydrogen-bond acceptors (Lipinski definition) is 6. The average molecular weight is 657 g/mol. The van der Waals surface area contributed by atoms with Crippen LogP contribution in [0.3, 0.4) is 0 Å². The van der Waals surface area contributed by atoms with E-state index in [1.165, 1.54) is 0 Å². The summed E-state index contributed by atoms with van der Waals surface area (Å²) in [5, 5.41) is 0.564. The van der Waals surface area contributed by atoms with E-state index in [1.54, 1.807) is 6.07 Å². The molecule has 3 fully saturated rings. The van der Waals surface area contributed by atoms with Crippen LogP contribution in [0, 0.1) is 5.92 Å². The topological polar surface area (TPSA) is 65.6 Å². The van der Waals surface area contributed by atoms with Crippen molar-refractivity contribution < 1.29 is 45.4 Å². The Hall–Kier alpha value is -2.61. The molecule has 0 saturated carbocycles. The van der Waals surface area contributed by atoms with Gasteiger partial charge in [-0.2, -0.15) is 26.3 Å². The predicted molar refractivity (Wildman–Crippen MR) is 152 cm³/mol. The summed E-state index contributed by atoms with van der Waals surface area (Å²) in [4.78, 5) is 31.9. The summed E-state index contributed by atoms with van der Waals surface area (Å²) in [5.41, 5.74) is 1.36. The van der Waals surface area contributed by atoms with Crippen LogP contribution in [-0.4, -0.2) is 103 Å². The minimum Gasteiger partial charge on any atom is -0.444 e. The first-order valence-corrected chi connectivity index (χ1v) is 15.1. The minimum absolute atomic E-state index is 0.0783. The highest BCUT2D eigenvalue weighted by Crippen LogP contribution is 2.37. The van der Waals surface area contributed by atoms with Crippen LogP contribution < -0.4 is 4.90 Å². The van der Waals surface area contributed by atoms with Crippen molar-refractivity contribution in [1.29, 1.82) is 0 Å². The van der Waals surface area contributed by atoms with Crippen molar-refractivity contribution in [3.05, 3.63) is 28.8 Å². The average Bonchev–Trinajstić information content (AvgIpc) is 3.41. The van der Waals surface area contributed by atoms with Gasteiger partial charge in [-0.1, -0.05) is 17.7 Å². The third kappa shape index (κ3) is 8.76. The van der Waals surface area contributed by atoms with Crippen molar-refractivity contribution in [1.82, 2.24) is 14.7 Å². The van der Waals surface area contributed by atoms with E-state index in [0.29, 0.717) is 24.0 Å². The van der Waals surface area contributed by atoms with Gasteiger partial charge in [0.25, 0.3) is 6.10 Å². The zero-order valence-corrected chi connectivity index (χ0v) is 25.8. The van der Waals surface area contributed by atoms with Gasteiger partial charge in [0.2, 0.25) is 0 Å². The molecule has 1 atom stereocenters. The van der Waals surface area contributed by atoms with Crippen LogP contribution >= 0.6 is 11.6 Å². The number of carbonyl (C=O) groups is 2. The first kappa shape index (κ1) is 34.3. The molecule has 3 aliphatic heterocycles. The van der Waals surface area contributed by atoms with Crippen molar-refractivity contribution >= 4 is 29.5 Å². The van der Waals surface area contributed by atoms with Crippen molar-refractivity contribution in [2.45, 2.75) is 83.1 Å². The second-order valence-corrected chi connectivity index (χ2v) is 13.0. The summed E-state index contributed by atoms with van der Waals surface area (Å²) in [6.45, 7) is 8.56. The standard InChI is InChI=1S/C29H39ClF6N4O4/c1-27(2,3)44-26(42)40-10-4-5-22(40)19-8-11-38(12-9-19)23-17-21(30)7-6-20(23)18-37-13-15-39(16-14-37)25(41)43-24(28(31,32)33)29(34,35)36/h6-7,17,19,22,24H,4-5,8-16,18H2,1-3H3. The van der Waals surface area contributed by atoms with E-state index in [1.807, 2.05) is 42.7 Å².